The van der Waals surface area contributed by atoms with Crippen molar-refractivity contribution in [3.8, 4) is 0 Å². The summed E-state index contributed by atoms with van der Waals surface area (Å²) in [7, 11) is 0. The molecule has 0 saturated carbocycles. The molecule has 0 amide bonds. The fourth-order valence-corrected chi connectivity index (χ4v) is 2.22. The first kappa shape index (κ1) is 12.7. The van der Waals surface area contributed by atoms with E-state index in [1.165, 1.54) is 0 Å². The maximum absolute atomic E-state index is 11.4. The molecule has 1 aromatic carbocycles. The molecule has 3 aromatic rings. The summed E-state index contributed by atoms with van der Waals surface area (Å²) in [5.74, 6) is -0.700. The molecule has 0 bridgehead atoms. The van der Waals surface area contributed by atoms with Gasteiger partial charge in [-0.25, -0.2) is 9.78 Å². The molecule has 0 fully saturated rings. The van der Waals surface area contributed by atoms with Crippen molar-refractivity contribution in [3.63, 3.8) is 0 Å². The summed E-state index contributed by atoms with van der Waals surface area (Å²) in [6.07, 6.45) is 1.68. The van der Waals surface area contributed by atoms with E-state index in [1.54, 1.807) is 22.7 Å². The summed E-state index contributed by atoms with van der Waals surface area (Å²) in [5, 5.41) is 12.4. The average Bonchev–Trinajstić information content (AvgIpc) is 2.79. The Bertz CT molecular complexity index is 781. The number of hydrogen-bond acceptors (Lipinski definition) is 3. The van der Waals surface area contributed by atoms with E-state index in [1.807, 2.05) is 30.3 Å². The van der Waals surface area contributed by atoms with Gasteiger partial charge in [-0.1, -0.05) is 22.0 Å². The van der Waals surface area contributed by atoms with Crippen LogP contribution in [0.25, 0.3) is 5.65 Å². The smallest absolute Gasteiger partial charge is 0.356 e. The SMILES string of the molecule is O=C(O)c1c(Nc2ccc(Br)cc2)nc2ccccn12. The lowest BCUT2D eigenvalue weighted by Crippen LogP contribution is -2.05. The van der Waals surface area contributed by atoms with Crippen molar-refractivity contribution in [2.45, 2.75) is 0 Å². The molecular weight excluding hydrogens is 322 g/mol. The van der Waals surface area contributed by atoms with Crippen LogP contribution in [0.15, 0.2) is 53.1 Å². The van der Waals surface area contributed by atoms with Crippen LogP contribution in [0.4, 0.5) is 11.5 Å². The molecule has 100 valence electrons. The van der Waals surface area contributed by atoms with Crippen LogP contribution < -0.4 is 5.32 Å². The van der Waals surface area contributed by atoms with Crippen LogP contribution >= 0.6 is 15.9 Å². The Morgan fingerprint density at radius 3 is 2.65 bits per heavy atom. The second-order valence-corrected chi connectivity index (χ2v) is 5.09. The number of nitrogens with one attached hydrogen (secondary N) is 1. The predicted octanol–water partition coefficient (Wildman–Crippen LogP) is 3.54. The van der Waals surface area contributed by atoms with E-state index >= 15 is 0 Å². The zero-order valence-electron chi connectivity index (χ0n) is 10.2. The highest BCUT2D eigenvalue weighted by Gasteiger charge is 2.18. The summed E-state index contributed by atoms with van der Waals surface area (Å²) in [5.41, 5.74) is 1.48. The van der Waals surface area contributed by atoms with E-state index in [2.05, 4.69) is 26.2 Å². The van der Waals surface area contributed by atoms with Crippen molar-refractivity contribution in [1.82, 2.24) is 9.38 Å². The Labute approximate surface area is 123 Å². The normalized spacial score (nSPS) is 10.7. The van der Waals surface area contributed by atoms with Gasteiger partial charge in [-0.15, -0.1) is 0 Å². The predicted molar refractivity (Wildman–Crippen MR) is 79.6 cm³/mol. The monoisotopic (exact) mass is 331 g/mol. The number of fused-ring (bicyclic) bond motifs is 1. The topological polar surface area (TPSA) is 66.6 Å². The van der Waals surface area contributed by atoms with Gasteiger partial charge in [0.2, 0.25) is 0 Å². The lowest BCUT2D eigenvalue weighted by Gasteiger charge is -2.04. The molecule has 0 aliphatic heterocycles. The van der Waals surface area contributed by atoms with Gasteiger partial charge in [0.1, 0.15) is 5.65 Å². The number of halogens is 1. The van der Waals surface area contributed by atoms with Crippen LogP contribution in [0.3, 0.4) is 0 Å². The maximum Gasteiger partial charge on any atom is 0.356 e. The number of aromatic carboxylic acids is 1. The van der Waals surface area contributed by atoms with Crippen molar-refractivity contribution in [2.24, 2.45) is 0 Å². The van der Waals surface area contributed by atoms with E-state index in [4.69, 9.17) is 0 Å². The third-order valence-electron chi connectivity index (χ3n) is 2.84. The van der Waals surface area contributed by atoms with Gasteiger partial charge in [-0.3, -0.25) is 4.40 Å². The maximum atomic E-state index is 11.4. The minimum atomic E-state index is -1.02. The van der Waals surface area contributed by atoms with Crippen molar-refractivity contribution < 1.29 is 9.90 Å². The fraction of sp³-hybridized carbons (Fsp3) is 0. The van der Waals surface area contributed by atoms with Gasteiger partial charge in [0.15, 0.2) is 11.5 Å². The standard InChI is InChI=1S/C14H10BrN3O2/c15-9-4-6-10(7-5-9)16-13-12(14(19)20)18-8-2-1-3-11(18)17-13/h1-8,16H,(H,19,20). The van der Waals surface area contributed by atoms with Crippen LogP contribution in [0.2, 0.25) is 0 Å². The summed E-state index contributed by atoms with van der Waals surface area (Å²) in [6, 6.07) is 12.8. The Kier molecular flexibility index (Phi) is 3.15. The molecule has 2 heterocycles. The molecule has 0 spiro atoms. The summed E-state index contributed by atoms with van der Waals surface area (Å²) < 4.78 is 2.50. The van der Waals surface area contributed by atoms with Gasteiger partial charge in [-0.2, -0.15) is 0 Å². The van der Waals surface area contributed by atoms with Gasteiger partial charge in [-0.05, 0) is 36.4 Å². The van der Waals surface area contributed by atoms with Crippen molar-refractivity contribution in [1.29, 1.82) is 0 Å². The lowest BCUT2D eigenvalue weighted by molar-refractivity contribution is 0.0690. The Balaban J connectivity index is 2.08. The number of imidazole rings is 1. The van der Waals surface area contributed by atoms with Gasteiger partial charge < -0.3 is 10.4 Å². The number of nitrogens with zero attached hydrogens (tertiary/aromatic N) is 2. The van der Waals surface area contributed by atoms with E-state index in [0.717, 1.165) is 10.2 Å². The van der Waals surface area contributed by atoms with Crippen LogP contribution in [0.1, 0.15) is 10.5 Å². The van der Waals surface area contributed by atoms with E-state index < -0.39 is 5.97 Å². The number of aromatic nitrogens is 2. The van der Waals surface area contributed by atoms with Gasteiger partial charge >= 0.3 is 5.97 Å². The lowest BCUT2D eigenvalue weighted by atomic mass is 10.3. The number of carbonyl (C=O) groups is 1. The molecule has 2 N–H and O–H groups in total. The fourth-order valence-electron chi connectivity index (χ4n) is 1.96. The van der Waals surface area contributed by atoms with Crippen LogP contribution in [-0.2, 0) is 0 Å². The minimum Gasteiger partial charge on any atom is -0.476 e. The quantitative estimate of drug-likeness (QED) is 0.770. The molecule has 5 nitrogen and oxygen atoms in total. The number of carboxylic acid groups (broad SMARTS) is 1. The highest BCUT2D eigenvalue weighted by atomic mass is 79.9. The first-order chi connectivity index (χ1) is 9.65. The summed E-state index contributed by atoms with van der Waals surface area (Å²) in [6.45, 7) is 0. The number of rotatable bonds is 3. The molecule has 6 heteroatoms. The molecule has 0 atom stereocenters. The first-order valence-corrected chi connectivity index (χ1v) is 6.67. The third-order valence-corrected chi connectivity index (χ3v) is 3.37. The molecular formula is C14H10BrN3O2. The van der Waals surface area contributed by atoms with Crippen LogP contribution in [0.5, 0.6) is 0 Å². The third kappa shape index (κ3) is 2.25. The zero-order chi connectivity index (χ0) is 14.1. The molecule has 0 aliphatic rings. The molecule has 0 unspecified atom stereocenters. The molecule has 2 aromatic heterocycles. The molecule has 0 radical (unpaired) electrons. The van der Waals surface area contributed by atoms with Crippen LogP contribution in [-0.4, -0.2) is 20.5 Å². The summed E-state index contributed by atoms with van der Waals surface area (Å²) in [4.78, 5) is 15.7. The van der Waals surface area contributed by atoms with Crippen molar-refractivity contribution in [2.75, 3.05) is 5.32 Å². The minimum absolute atomic E-state index is 0.114. The Hall–Kier alpha value is -2.34. The first-order valence-electron chi connectivity index (χ1n) is 5.88. The molecule has 0 aliphatic carbocycles. The van der Waals surface area contributed by atoms with Crippen molar-refractivity contribution in [3.05, 3.63) is 58.8 Å². The summed E-state index contributed by atoms with van der Waals surface area (Å²) >= 11 is 3.36. The van der Waals surface area contributed by atoms with Crippen LogP contribution in [0, 0.1) is 0 Å². The van der Waals surface area contributed by atoms with E-state index in [9.17, 15) is 9.90 Å². The van der Waals surface area contributed by atoms with Gasteiger partial charge in [0.05, 0.1) is 0 Å². The number of hydrogen-bond donors (Lipinski definition) is 2. The average molecular weight is 332 g/mol. The van der Waals surface area contributed by atoms with Gasteiger partial charge in [0, 0.05) is 16.4 Å². The van der Waals surface area contributed by atoms with Gasteiger partial charge in [0.25, 0.3) is 0 Å². The number of carboxylic acids is 1. The Morgan fingerprint density at radius 2 is 1.95 bits per heavy atom. The zero-order valence-corrected chi connectivity index (χ0v) is 11.8. The largest absolute Gasteiger partial charge is 0.476 e. The number of pyridine rings is 1. The second kappa shape index (κ2) is 4.97. The highest BCUT2D eigenvalue weighted by Crippen LogP contribution is 2.23. The van der Waals surface area contributed by atoms with Crippen molar-refractivity contribution >= 4 is 39.1 Å². The van der Waals surface area contributed by atoms with E-state index in [-0.39, 0.29) is 5.69 Å². The number of anilines is 2. The second-order valence-electron chi connectivity index (χ2n) is 4.17. The molecule has 20 heavy (non-hydrogen) atoms. The molecule has 3 rings (SSSR count). The Morgan fingerprint density at radius 1 is 1.20 bits per heavy atom. The van der Waals surface area contributed by atoms with E-state index in [0.29, 0.717) is 11.5 Å². The highest BCUT2D eigenvalue weighted by molar-refractivity contribution is 9.10. The number of benzene rings is 1. The molecule has 0 saturated heterocycles.